The molecule has 1 aromatic heterocycles. The lowest BCUT2D eigenvalue weighted by atomic mass is 10.3. The molecular formula is C12H13N3O3. The van der Waals surface area contributed by atoms with Crippen molar-refractivity contribution in [1.82, 2.24) is 14.9 Å². The maximum Gasteiger partial charge on any atom is 0.322 e. The van der Waals surface area contributed by atoms with Crippen molar-refractivity contribution in [1.29, 1.82) is 0 Å². The summed E-state index contributed by atoms with van der Waals surface area (Å²) >= 11 is 0. The Labute approximate surface area is 103 Å². The van der Waals surface area contributed by atoms with Crippen LogP contribution in [-0.2, 0) is 16.1 Å². The lowest BCUT2D eigenvalue weighted by Gasteiger charge is -2.06. The number of carbonyl (C=O) groups excluding carboxylic acids is 1. The molecular weight excluding hydrogens is 234 g/mol. The number of amides is 1. The molecule has 94 valence electrons. The number of nitrogens with one attached hydrogen (secondary N) is 1. The number of carboxylic acids is 1. The molecule has 0 aliphatic rings. The Balaban J connectivity index is 2.18. The van der Waals surface area contributed by atoms with Crippen LogP contribution in [0.25, 0.3) is 11.0 Å². The second-order valence-corrected chi connectivity index (χ2v) is 3.90. The predicted molar refractivity (Wildman–Crippen MR) is 65.1 cm³/mol. The molecule has 0 spiro atoms. The first kappa shape index (κ1) is 12.1. The molecule has 1 heterocycles. The SMILES string of the molecule is Cc1nc2ccccc2n1CC(=O)NCC(=O)O. The lowest BCUT2D eigenvalue weighted by Crippen LogP contribution is -2.32. The molecule has 2 aromatic rings. The number of hydrogen-bond acceptors (Lipinski definition) is 3. The number of aliphatic carboxylic acids is 1. The van der Waals surface area contributed by atoms with E-state index in [1.54, 1.807) is 4.57 Å². The van der Waals surface area contributed by atoms with Crippen LogP contribution in [0.3, 0.4) is 0 Å². The number of hydrogen-bond donors (Lipinski definition) is 2. The number of para-hydroxylation sites is 2. The summed E-state index contributed by atoms with van der Waals surface area (Å²) in [6.45, 7) is 1.51. The van der Waals surface area contributed by atoms with E-state index >= 15 is 0 Å². The smallest absolute Gasteiger partial charge is 0.322 e. The minimum absolute atomic E-state index is 0.0691. The normalized spacial score (nSPS) is 10.5. The van der Waals surface area contributed by atoms with Gasteiger partial charge < -0.3 is 15.0 Å². The summed E-state index contributed by atoms with van der Waals surface area (Å²) in [5, 5.41) is 10.8. The Bertz CT molecular complexity index is 604. The number of nitrogens with zero attached hydrogens (tertiary/aromatic N) is 2. The van der Waals surface area contributed by atoms with Gasteiger partial charge in [0.25, 0.3) is 0 Å². The van der Waals surface area contributed by atoms with Crippen LogP contribution in [0.2, 0.25) is 0 Å². The quantitative estimate of drug-likeness (QED) is 0.826. The first-order valence-electron chi connectivity index (χ1n) is 5.48. The number of imidazole rings is 1. The van der Waals surface area contributed by atoms with E-state index in [0.717, 1.165) is 16.9 Å². The summed E-state index contributed by atoms with van der Waals surface area (Å²) in [6.07, 6.45) is 0. The van der Waals surface area contributed by atoms with Crippen molar-refractivity contribution in [3.63, 3.8) is 0 Å². The Morgan fingerprint density at radius 3 is 2.83 bits per heavy atom. The maximum atomic E-state index is 11.6. The summed E-state index contributed by atoms with van der Waals surface area (Å²) < 4.78 is 1.76. The number of fused-ring (bicyclic) bond motifs is 1. The Morgan fingerprint density at radius 2 is 2.11 bits per heavy atom. The van der Waals surface area contributed by atoms with Gasteiger partial charge in [0.05, 0.1) is 11.0 Å². The van der Waals surface area contributed by atoms with Crippen LogP contribution < -0.4 is 5.32 Å². The average Bonchev–Trinajstić information content (AvgIpc) is 2.64. The van der Waals surface area contributed by atoms with Crippen LogP contribution in [0.5, 0.6) is 0 Å². The summed E-state index contributed by atoms with van der Waals surface area (Å²) in [5.41, 5.74) is 1.68. The van der Waals surface area contributed by atoms with Gasteiger partial charge >= 0.3 is 5.97 Å². The number of aryl methyl sites for hydroxylation is 1. The third-order valence-electron chi connectivity index (χ3n) is 2.58. The molecule has 1 amide bonds. The topological polar surface area (TPSA) is 84.2 Å². The average molecular weight is 247 g/mol. The van der Waals surface area contributed by atoms with E-state index in [1.165, 1.54) is 0 Å². The van der Waals surface area contributed by atoms with E-state index < -0.39 is 5.97 Å². The lowest BCUT2D eigenvalue weighted by molar-refractivity contribution is -0.138. The molecule has 6 heteroatoms. The van der Waals surface area contributed by atoms with Crippen molar-refractivity contribution >= 4 is 22.9 Å². The number of benzene rings is 1. The fourth-order valence-electron chi connectivity index (χ4n) is 1.77. The van der Waals surface area contributed by atoms with Gasteiger partial charge in [-0.05, 0) is 19.1 Å². The first-order chi connectivity index (χ1) is 8.58. The molecule has 18 heavy (non-hydrogen) atoms. The molecule has 0 aliphatic carbocycles. The van der Waals surface area contributed by atoms with Crippen LogP contribution in [-0.4, -0.2) is 33.1 Å². The van der Waals surface area contributed by atoms with Crippen LogP contribution in [0.4, 0.5) is 0 Å². The molecule has 0 unspecified atom stereocenters. The van der Waals surface area contributed by atoms with Crippen molar-refractivity contribution in [2.75, 3.05) is 6.54 Å². The fraction of sp³-hybridized carbons (Fsp3) is 0.250. The van der Waals surface area contributed by atoms with Crippen molar-refractivity contribution in [2.45, 2.75) is 13.5 Å². The zero-order chi connectivity index (χ0) is 13.1. The Morgan fingerprint density at radius 1 is 1.39 bits per heavy atom. The first-order valence-corrected chi connectivity index (χ1v) is 5.48. The number of rotatable bonds is 4. The zero-order valence-corrected chi connectivity index (χ0v) is 9.88. The maximum absolute atomic E-state index is 11.6. The highest BCUT2D eigenvalue weighted by Crippen LogP contribution is 2.14. The molecule has 0 radical (unpaired) electrons. The number of carbonyl (C=O) groups is 2. The molecule has 0 bridgehead atoms. The van der Waals surface area contributed by atoms with Gasteiger partial charge in [0.1, 0.15) is 18.9 Å². The molecule has 0 atom stereocenters. The largest absolute Gasteiger partial charge is 0.480 e. The zero-order valence-electron chi connectivity index (χ0n) is 9.88. The molecule has 2 N–H and O–H groups in total. The second kappa shape index (κ2) is 4.87. The number of aromatic nitrogens is 2. The summed E-state index contributed by atoms with van der Waals surface area (Å²) in [7, 11) is 0. The summed E-state index contributed by atoms with van der Waals surface area (Å²) in [5.74, 6) is -0.680. The van der Waals surface area contributed by atoms with E-state index in [-0.39, 0.29) is 19.0 Å². The fourth-order valence-corrected chi connectivity index (χ4v) is 1.77. The second-order valence-electron chi connectivity index (χ2n) is 3.90. The van der Waals surface area contributed by atoms with Gasteiger partial charge in [-0.25, -0.2) is 4.98 Å². The summed E-state index contributed by atoms with van der Waals surface area (Å²) in [6, 6.07) is 7.49. The number of carboxylic acid groups (broad SMARTS) is 1. The standard InChI is InChI=1S/C12H13N3O3/c1-8-14-9-4-2-3-5-10(9)15(8)7-11(16)13-6-12(17)18/h2-5H,6-7H2,1H3,(H,13,16)(H,17,18). The van der Waals surface area contributed by atoms with Crippen LogP contribution in [0.1, 0.15) is 5.82 Å². The molecule has 0 saturated heterocycles. The van der Waals surface area contributed by atoms with Gasteiger partial charge in [0.2, 0.25) is 5.91 Å². The highest BCUT2D eigenvalue weighted by molar-refractivity contribution is 5.83. The predicted octanol–water partition coefficient (Wildman–Crippen LogP) is 0.546. The van der Waals surface area contributed by atoms with Crippen molar-refractivity contribution in [3.05, 3.63) is 30.1 Å². The van der Waals surface area contributed by atoms with Gasteiger partial charge in [-0.15, -0.1) is 0 Å². The minimum atomic E-state index is -1.06. The molecule has 0 aliphatic heterocycles. The van der Waals surface area contributed by atoms with Crippen molar-refractivity contribution in [2.24, 2.45) is 0 Å². The van der Waals surface area contributed by atoms with Gasteiger partial charge in [0.15, 0.2) is 0 Å². The molecule has 0 saturated carbocycles. The van der Waals surface area contributed by atoms with Crippen LogP contribution in [0, 0.1) is 6.92 Å². The third-order valence-corrected chi connectivity index (χ3v) is 2.58. The van der Waals surface area contributed by atoms with E-state index in [9.17, 15) is 9.59 Å². The Hall–Kier alpha value is -2.37. The van der Waals surface area contributed by atoms with Crippen LogP contribution >= 0.6 is 0 Å². The third kappa shape index (κ3) is 2.48. The van der Waals surface area contributed by atoms with Crippen molar-refractivity contribution < 1.29 is 14.7 Å². The Kier molecular flexibility index (Phi) is 3.27. The van der Waals surface area contributed by atoms with E-state index in [1.807, 2.05) is 31.2 Å². The van der Waals surface area contributed by atoms with E-state index in [4.69, 9.17) is 5.11 Å². The molecule has 6 nitrogen and oxygen atoms in total. The van der Waals surface area contributed by atoms with Crippen LogP contribution in [0.15, 0.2) is 24.3 Å². The highest BCUT2D eigenvalue weighted by atomic mass is 16.4. The van der Waals surface area contributed by atoms with Crippen molar-refractivity contribution in [3.8, 4) is 0 Å². The minimum Gasteiger partial charge on any atom is -0.480 e. The highest BCUT2D eigenvalue weighted by Gasteiger charge is 2.10. The summed E-state index contributed by atoms with van der Waals surface area (Å²) in [4.78, 5) is 26.3. The van der Waals surface area contributed by atoms with Gasteiger partial charge in [-0.3, -0.25) is 9.59 Å². The van der Waals surface area contributed by atoms with E-state index in [0.29, 0.717) is 0 Å². The van der Waals surface area contributed by atoms with E-state index in [2.05, 4.69) is 10.3 Å². The van der Waals surface area contributed by atoms with Gasteiger partial charge in [-0.1, -0.05) is 12.1 Å². The molecule has 2 rings (SSSR count). The monoisotopic (exact) mass is 247 g/mol. The van der Waals surface area contributed by atoms with Gasteiger partial charge in [-0.2, -0.15) is 0 Å². The molecule has 0 fully saturated rings. The molecule has 1 aromatic carbocycles. The van der Waals surface area contributed by atoms with Gasteiger partial charge in [0, 0.05) is 0 Å².